The SMILES string of the molecule is CC(=O)NCC(=O)N1C[C@@H]2CN(Cc3cnn(C)c3)C[C@@H]2[C@H]1c1cccc(F)c1. The van der Waals surface area contributed by atoms with Gasteiger partial charge in [0.2, 0.25) is 11.8 Å². The zero-order chi connectivity index (χ0) is 20.5. The average Bonchev–Trinajstić information content (AvgIpc) is 3.34. The van der Waals surface area contributed by atoms with Crippen molar-refractivity contribution in [1.29, 1.82) is 0 Å². The number of hydrogen-bond acceptors (Lipinski definition) is 4. The maximum Gasteiger partial charge on any atom is 0.242 e. The first-order valence-electron chi connectivity index (χ1n) is 9.90. The quantitative estimate of drug-likeness (QED) is 0.824. The van der Waals surface area contributed by atoms with Crippen molar-refractivity contribution in [3.8, 4) is 0 Å². The van der Waals surface area contributed by atoms with Crippen LogP contribution in [-0.4, -0.2) is 57.6 Å². The van der Waals surface area contributed by atoms with Gasteiger partial charge in [0.05, 0.1) is 18.8 Å². The summed E-state index contributed by atoms with van der Waals surface area (Å²) in [7, 11) is 1.90. The lowest BCUT2D eigenvalue weighted by Crippen LogP contribution is -2.41. The molecule has 3 heterocycles. The average molecular weight is 399 g/mol. The normalized spacial score (nSPS) is 24.0. The van der Waals surface area contributed by atoms with Gasteiger partial charge >= 0.3 is 0 Å². The molecular weight excluding hydrogens is 373 g/mol. The third-order valence-electron chi connectivity index (χ3n) is 5.90. The lowest BCUT2D eigenvalue weighted by molar-refractivity contribution is -0.133. The van der Waals surface area contributed by atoms with Gasteiger partial charge in [0, 0.05) is 57.8 Å². The van der Waals surface area contributed by atoms with Gasteiger partial charge in [-0.05, 0) is 23.6 Å². The van der Waals surface area contributed by atoms with Gasteiger partial charge in [-0.25, -0.2) is 4.39 Å². The van der Waals surface area contributed by atoms with Crippen LogP contribution in [0.3, 0.4) is 0 Å². The number of nitrogens with one attached hydrogen (secondary N) is 1. The zero-order valence-corrected chi connectivity index (χ0v) is 16.7. The molecular formula is C21H26FN5O2. The van der Waals surface area contributed by atoms with E-state index < -0.39 is 0 Å². The monoisotopic (exact) mass is 399 g/mol. The summed E-state index contributed by atoms with van der Waals surface area (Å²) in [6.07, 6.45) is 3.89. The lowest BCUT2D eigenvalue weighted by atomic mass is 9.89. The van der Waals surface area contributed by atoms with Crippen molar-refractivity contribution in [2.45, 2.75) is 19.5 Å². The van der Waals surface area contributed by atoms with E-state index in [-0.39, 0.29) is 36.1 Å². The van der Waals surface area contributed by atoms with Crippen LogP contribution in [0.15, 0.2) is 36.7 Å². The summed E-state index contributed by atoms with van der Waals surface area (Å²) >= 11 is 0. The number of carbonyl (C=O) groups excluding carboxylic acids is 2. The number of amides is 2. The highest BCUT2D eigenvalue weighted by atomic mass is 19.1. The molecule has 3 atom stereocenters. The van der Waals surface area contributed by atoms with Crippen LogP contribution in [0.4, 0.5) is 4.39 Å². The Labute approximate surface area is 169 Å². The molecule has 0 radical (unpaired) electrons. The molecule has 29 heavy (non-hydrogen) atoms. The fourth-order valence-corrected chi connectivity index (χ4v) is 4.75. The first-order valence-corrected chi connectivity index (χ1v) is 9.90. The lowest BCUT2D eigenvalue weighted by Gasteiger charge is -2.30. The Balaban J connectivity index is 1.54. The first-order chi connectivity index (χ1) is 13.9. The number of halogens is 1. The van der Waals surface area contributed by atoms with Crippen molar-refractivity contribution in [2.24, 2.45) is 18.9 Å². The van der Waals surface area contributed by atoms with Gasteiger partial charge < -0.3 is 10.2 Å². The van der Waals surface area contributed by atoms with E-state index in [4.69, 9.17) is 0 Å². The zero-order valence-electron chi connectivity index (χ0n) is 16.7. The third-order valence-corrected chi connectivity index (χ3v) is 5.90. The minimum Gasteiger partial charge on any atom is -0.347 e. The minimum atomic E-state index is -0.301. The Bertz CT molecular complexity index is 914. The highest BCUT2D eigenvalue weighted by molar-refractivity contribution is 5.84. The Morgan fingerprint density at radius 3 is 2.79 bits per heavy atom. The summed E-state index contributed by atoms with van der Waals surface area (Å²) in [5.74, 6) is -0.105. The van der Waals surface area contributed by atoms with Crippen molar-refractivity contribution in [2.75, 3.05) is 26.2 Å². The summed E-state index contributed by atoms with van der Waals surface area (Å²) in [6, 6.07) is 6.34. The number of aryl methyl sites for hydroxylation is 1. The maximum atomic E-state index is 13.9. The highest BCUT2D eigenvalue weighted by Crippen LogP contribution is 2.45. The molecule has 2 aliphatic rings. The topological polar surface area (TPSA) is 70.5 Å². The van der Waals surface area contributed by atoms with Gasteiger partial charge in [-0.2, -0.15) is 5.10 Å². The molecule has 0 unspecified atom stereocenters. The van der Waals surface area contributed by atoms with E-state index >= 15 is 0 Å². The molecule has 2 amide bonds. The van der Waals surface area contributed by atoms with Crippen molar-refractivity contribution in [3.05, 3.63) is 53.6 Å². The number of fused-ring (bicyclic) bond motifs is 1. The van der Waals surface area contributed by atoms with E-state index in [1.807, 2.05) is 30.4 Å². The fourth-order valence-electron chi connectivity index (χ4n) is 4.75. The molecule has 0 aliphatic carbocycles. The molecule has 154 valence electrons. The molecule has 2 fully saturated rings. The molecule has 7 nitrogen and oxygen atoms in total. The summed E-state index contributed by atoms with van der Waals surface area (Å²) in [4.78, 5) is 28.3. The number of benzene rings is 1. The summed E-state index contributed by atoms with van der Waals surface area (Å²) in [6.45, 7) is 4.52. The number of likely N-dealkylation sites (tertiary alicyclic amines) is 2. The van der Waals surface area contributed by atoms with Crippen molar-refractivity contribution in [3.63, 3.8) is 0 Å². The molecule has 1 N–H and O–H groups in total. The number of rotatable bonds is 5. The predicted molar refractivity (Wildman–Crippen MR) is 105 cm³/mol. The highest BCUT2D eigenvalue weighted by Gasteiger charge is 2.48. The van der Waals surface area contributed by atoms with Gasteiger partial charge in [0.1, 0.15) is 5.82 Å². The van der Waals surface area contributed by atoms with Crippen LogP contribution in [0.5, 0.6) is 0 Å². The Kier molecular flexibility index (Phi) is 5.36. The van der Waals surface area contributed by atoms with Crippen LogP contribution in [0.1, 0.15) is 24.1 Å². The van der Waals surface area contributed by atoms with E-state index in [1.54, 1.807) is 10.7 Å². The number of aromatic nitrogens is 2. The van der Waals surface area contributed by atoms with Gasteiger partial charge in [-0.15, -0.1) is 0 Å². The third kappa shape index (κ3) is 4.17. The van der Waals surface area contributed by atoms with Crippen LogP contribution in [-0.2, 0) is 23.2 Å². The Morgan fingerprint density at radius 2 is 2.10 bits per heavy atom. The second-order valence-electron chi connectivity index (χ2n) is 8.10. The number of hydrogen-bond donors (Lipinski definition) is 1. The van der Waals surface area contributed by atoms with Crippen molar-refractivity contribution >= 4 is 11.8 Å². The standard InChI is InChI=1S/C21H26FN5O2/c1-14(28)23-8-20(29)27-12-17-11-26(10-15-7-24-25(2)9-15)13-19(17)21(27)16-4-3-5-18(22)6-16/h3-7,9,17,19,21H,8,10-13H2,1-2H3,(H,23,28)/t17-,19-,21+/m0/s1. The molecule has 4 rings (SSSR count). The van der Waals surface area contributed by atoms with E-state index in [2.05, 4.69) is 15.3 Å². The summed E-state index contributed by atoms with van der Waals surface area (Å²) < 4.78 is 15.7. The van der Waals surface area contributed by atoms with Gasteiger partial charge in [0.15, 0.2) is 0 Å². The van der Waals surface area contributed by atoms with Crippen LogP contribution < -0.4 is 5.32 Å². The molecule has 2 aliphatic heterocycles. The van der Waals surface area contributed by atoms with Crippen molar-refractivity contribution in [1.82, 2.24) is 24.9 Å². The van der Waals surface area contributed by atoms with E-state index in [0.717, 1.165) is 30.8 Å². The summed E-state index contributed by atoms with van der Waals surface area (Å²) in [5, 5.41) is 6.83. The van der Waals surface area contributed by atoms with Crippen LogP contribution >= 0.6 is 0 Å². The van der Waals surface area contributed by atoms with Crippen LogP contribution in [0, 0.1) is 17.7 Å². The van der Waals surface area contributed by atoms with E-state index in [9.17, 15) is 14.0 Å². The van der Waals surface area contributed by atoms with E-state index in [1.165, 1.54) is 19.1 Å². The largest absolute Gasteiger partial charge is 0.347 e. The molecule has 0 spiro atoms. The molecule has 2 aromatic rings. The Hall–Kier alpha value is -2.74. The fraction of sp³-hybridized carbons (Fsp3) is 0.476. The van der Waals surface area contributed by atoms with Gasteiger partial charge in [-0.1, -0.05) is 12.1 Å². The van der Waals surface area contributed by atoms with Gasteiger partial charge in [0.25, 0.3) is 0 Å². The molecule has 0 saturated carbocycles. The molecule has 8 heteroatoms. The maximum absolute atomic E-state index is 13.9. The van der Waals surface area contributed by atoms with E-state index in [0.29, 0.717) is 12.5 Å². The number of carbonyl (C=O) groups is 2. The minimum absolute atomic E-state index is 0.0278. The molecule has 0 bridgehead atoms. The second-order valence-corrected chi connectivity index (χ2v) is 8.10. The van der Waals surface area contributed by atoms with Crippen LogP contribution in [0.2, 0.25) is 0 Å². The summed E-state index contributed by atoms with van der Waals surface area (Å²) in [5.41, 5.74) is 1.98. The predicted octanol–water partition coefficient (Wildman–Crippen LogP) is 1.33. The second kappa shape index (κ2) is 7.94. The smallest absolute Gasteiger partial charge is 0.242 e. The van der Waals surface area contributed by atoms with Crippen LogP contribution in [0.25, 0.3) is 0 Å². The first kappa shape index (κ1) is 19.6. The Morgan fingerprint density at radius 1 is 1.28 bits per heavy atom. The molecule has 1 aromatic heterocycles. The molecule has 1 aromatic carbocycles. The van der Waals surface area contributed by atoms with Gasteiger partial charge in [-0.3, -0.25) is 19.2 Å². The van der Waals surface area contributed by atoms with Crippen molar-refractivity contribution < 1.29 is 14.0 Å². The number of nitrogens with zero attached hydrogens (tertiary/aromatic N) is 4. The molecule has 2 saturated heterocycles.